The molecule has 3 aromatic carbocycles. The molecule has 29 heavy (non-hydrogen) atoms. The van der Waals surface area contributed by atoms with Gasteiger partial charge in [0.15, 0.2) is 6.61 Å². The number of aryl methyl sites for hydroxylation is 1. The molecule has 0 fully saturated rings. The van der Waals surface area contributed by atoms with Crippen molar-refractivity contribution in [2.45, 2.75) is 11.8 Å². The Morgan fingerprint density at radius 1 is 0.966 bits per heavy atom. The van der Waals surface area contributed by atoms with Crippen molar-refractivity contribution >= 4 is 38.9 Å². The summed E-state index contributed by atoms with van der Waals surface area (Å²) in [6.07, 6.45) is 0. The molecule has 6 nitrogen and oxygen atoms in total. The Bertz CT molecular complexity index is 1100. The van der Waals surface area contributed by atoms with E-state index in [2.05, 4.69) is 10.0 Å². The van der Waals surface area contributed by atoms with Crippen LogP contribution >= 0.6 is 11.6 Å². The Hall–Kier alpha value is -3.03. The van der Waals surface area contributed by atoms with Crippen molar-refractivity contribution in [1.82, 2.24) is 0 Å². The first kappa shape index (κ1) is 20.7. The van der Waals surface area contributed by atoms with Crippen LogP contribution in [-0.4, -0.2) is 20.9 Å². The monoisotopic (exact) mass is 430 g/mol. The second kappa shape index (κ2) is 8.98. The Kier molecular flexibility index (Phi) is 6.41. The molecule has 1 amide bonds. The van der Waals surface area contributed by atoms with E-state index in [1.165, 1.54) is 24.3 Å². The predicted octanol–water partition coefficient (Wildman–Crippen LogP) is 4.47. The fourth-order valence-corrected chi connectivity index (χ4v) is 3.69. The summed E-state index contributed by atoms with van der Waals surface area (Å²) in [6.45, 7) is 1.70. The van der Waals surface area contributed by atoms with Crippen LogP contribution in [0.15, 0.2) is 77.7 Å². The molecule has 0 atom stereocenters. The summed E-state index contributed by atoms with van der Waals surface area (Å²) in [6, 6.07) is 19.6. The van der Waals surface area contributed by atoms with Gasteiger partial charge in [-0.25, -0.2) is 8.42 Å². The number of rotatable bonds is 7. The molecule has 3 aromatic rings. The Balaban J connectivity index is 1.58. The molecule has 0 aromatic heterocycles. The summed E-state index contributed by atoms with van der Waals surface area (Å²) in [5, 5.41) is 3.23. The summed E-state index contributed by atoms with van der Waals surface area (Å²) in [7, 11) is -3.72. The van der Waals surface area contributed by atoms with Crippen LogP contribution in [0.25, 0.3) is 0 Å². The minimum Gasteiger partial charge on any atom is -0.484 e. The summed E-state index contributed by atoms with van der Waals surface area (Å²) < 4.78 is 32.9. The highest BCUT2D eigenvalue weighted by molar-refractivity contribution is 7.92. The molecule has 0 saturated heterocycles. The molecule has 0 aliphatic rings. The smallest absolute Gasteiger partial charge is 0.262 e. The van der Waals surface area contributed by atoms with Gasteiger partial charge in [0.2, 0.25) is 0 Å². The number of ether oxygens (including phenoxy) is 1. The van der Waals surface area contributed by atoms with Gasteiger partial charge in [-0.2, -0.15) is 0 Å². The fraction of sp³-hybridized carbons (Fsp3) is 0.0952. The highest BCUT2D eigenvalue weighted by Crippen LogP contribution is 2.19. The van der Waals surface area contributed by atoms with Gasteiger partial charge in [0, 0.05) is 16.4 Å². The summed E-state index contributed by atoms with van der Waals surface area (Å²) in [5.41, 5.74) is 1.90. The quantitative estimate of drug-likeness (QED) is 0.579. The van der Waals surface area contributed by atoms with Crippen molar-refractivity contribution in [3.63, 3.8) is 0 Å². The number of halogens is 1. The number of carbonyl (C=O) groups excluding carboxylic acids is 1. The lowest BCUT2D eigenvalue weighted by Crippen LogP contribution is -2.20. The lowest BCUT2D eigenvalue weighted by molar-refractivity contribution is -0.118. The molecular formula is C21H19ClN2O4S. The van der Waals surface area contributed by atoms with Gasteiger partial charge >= 0.3 is 0 Å². The lowest BCUT2D eigenvalue weighted by atomic mass is 10.2. The van der Waals surface area contributed by atoms with Crippen LogP contribution in [0.2, 0.25) is 5.02 Å². The maximum absolute atomic E-state index is 12.5. The van der Waals surface area contributed by atoms with E-state index < -0.39 is 10.0 Å². The third-order valence-electron chi connectivity index (χ3n) is 3.90. The Labute approximate surface area is 174 Å². The number of sulfonamides is 1. The van der Waals surface area contributed by atoms with Gasteiger partial charge in [0.05, 0.1) is 4.90 Å². The summed E-state index contributed by atoms with van der Waals surface area (Å²) >= 11 is 5.80. The first-order valence-electron chi connectivity index (χ1n) is 8.70. The fourth-order valence-electron chi connectivity index (χ4n) is 2.52. The minimum absolute atomic E-state index is 0.0921. The van der Waals surface area contributed by atoms with Gasteiger partial charge in [-0.05, 0) is 73.2 Å². The lowest BCUT2D eigenvalue weighted by Gasteiger charge is -2.10. The summed E-state index contributed by atoms with van der Waals surface area (Å²) in [5.74, 6) is 0.154. The number of benzene rings is 3. The molecule has 2 N–H and O–H groups in total. The molecule has 0 aliphatic heterocycles. The van der Waals surface area contributed by atoms with E-state index in [1.54, 1.807) is 42.5 Å². The van der Waals surface area contributed by atoms with Crippen molar-refractivity contribution in [1.29, 1.82) is 0 Å². The number of nitrogens with one attached hydrogen (secondary N) is 2. The van der Waals surface area contributed by atoms with Crippen LogP contribution in [0, 0.1) is 6.92 Å². The highest BCUT2D eigenvalue weighted by Gasteiger charge is 2.14. The van der Waals surface area contributed by atoms with Gasteiger partial charge in [0.1, 0.15) is 5.75 Å². The van der Waals surface area contributed by atoms with Crippen molar-refractivity contribution in [3.05, 3.63) is 83.4 Å². The third kappa shape index (κ3) is 5.97. The van der Waals surface area contributed by atoms with Gasteiger partial charge in [-0.1, -0.05) is 23.7 Å². The number of amides is 1. The topological polar surface area (TPSA) is 84.5 Å². The highest BCUT2D eigenvalue weighted by atomic mass is 35.5. The van der Waals surface area contributed by atoms with E-state index >= 15 is 0 Å². The second-order valence-corrected chi connectivity index (χ2v) is 8.41. The number of anilines is 2. The van der Waals surface area contributed by atoms with Gasteiger partial charge < -0.3 is 10.1 Å². The third-order valence-corrected chi connectivity index (χ3v) is 5.55. The molecule has 0 bridgehead atoms. The van der Waals surface area contributed by atoms with E-state index in [-0.39, 0.29) is 17.4 Å². The predicted molar refractivity (Wildman–Crippen MR) is 114 cm³/mol. The molecule has 3 rings (SSSR count). The molecule has 150 valence electrons. The van der Waals surface area contributed by atoms with Crippen LogP contribution in [0.3, 0.4) is 0 Å². The van der Waals surface area contributed by atoms with Gasteiger partial charge in [0.25, 0.3) is 15.9 Å². The van der Waals surface area contributed by atoms with Gasteiger partial charge in [-0.3, -0.25) is 9.52 Å². The number of hydrogen-bond donors (Lipinski definition) is 2. The average Bonchev–Trinajstić information content (AvgIpc) is 2.68. The SMILES string of the molecule is Cc1cccc(NS(=O)(=O)c2ccc(NC(=O)COc3ccc(Cl)cc3)cc2)c1. The minimum atomic E-state index is -3.72. The zero-order valence-corrected chi connectivity index (χ0v) is 17.1. The normalized spacial score (nSPS) is 11.0. The zero-order valence-electron chi connectivity index (χ0n) is 15.6. The molecule has 0 aliphatic carbocycles. The zero-order chi connectivity index (χ0) is 20.9. The van der Waals surface area contributed by atoms with E-state index in [4.69, 9.17) is 16.3 Å². The first-order chi connectivity index (χ1) is 13.8. The average molecular weight is 431 g/mol. The molecule has 0 spiro atoms. The maximum Gasteiger partial charge on any atom is 0.262 e. The standard InChI is InChI=1S/C21H19ClN2O4S/c1-15-3-2-4-18(13-15)24-29(26,27)20-11-7-17(8-12-20)23-21(25)14-28-19-9-5-16(22)6-10-19/h2-13,24H,14H2,1H3,(H,23,25). The van der Waals surface area contributed by atoms with Crippen molar-refractivity contribution in [3.8, 4) is 5.75 Å². The number of hydrogen-bond acceptors (Lipinski definition) is 4. The van der Waals surface area contributed by atoms with Crippen LogP contribution in [0.5, 0.6) is 5.75 Å². The molecule has 8 heteroatoms. The van der Waals surface area contributed by atoms with E-state index in [1.807, 2.05) is 13.0 Å². The van der Waals surface area contributed by atoms with E-state index in [0.717, 1.165) is 5.56 Å². The molecule has 0 heterocycles. The van der Waals surface area contributed by atoms with Crippen molar-refractivity contribution in [2.75, 3.05) is 16.6 Å². The molecule has 0 saturated carbocycles. The Morgan fingerprint density at radius 3 is 2.31 bits per heavy atom. The molecule has 0 unspecified atom stereocenters. The van der Waals surface area contributed by atoms with Crippen molar-refractivity contribution < 1.29 is 17.9 Å². The van der Waals surface area contributed by atoms with E-state index in [9.17, 15) is 13.2 Å². The van der Waals surface area contributed by atoms with Crippen LogP contribution in [-0.2, 0) is 14.8 Å². The van der Waals surface area contributed by atoms with Crippen molar-refractivity contribution in [2.24, 2.45) is 0 Å². The van der Waals surface area contributed by atoms with Gasteiger partial charge in [-0.15, -0.1) is 0 Å². The van der Waals surface area contributed by atoms with Crippen LogP contribution in [0.4, 0.5) is 11.4 Å². The summed E-state index contributed by atoms with van der Waals surface area (Å²) in [4.78, 5) is 12.1. The maximum atomic E-state index is 12.5. The largest absolute Gasteiger partial charge is 0.484 e. The Morgan fingerprint density at radius 2 is 1.66 bits per heavy atom. The molecule has 0 radical (unpaired) electrons. The molecular weight excluding hydrogens is 412 g/mol. The van der Waals surface area contributed by atoms with E-state index in [0.29, 0.717) is 22.1 Å². The first-order valence-corrected chi connectivity index (χ1v) is 10.6. The van der Waals surface area contributed by atoms with Crippen LogP contribution < -0.4 is 14.8 Å². The second-order valence-electron chi connectivity index (χ2n) is 6.29. The number of carbonyl (C=O) groups is 1. The van der Waals surface area contributed by atoms with Crippen LogP contribution in [0.1, 0.15) is 5.56 Å².